The van der Waals surface area contributed by atoms with Gasteiger partial charge in [0.25, 0.3) is 11.8 Å². The minimum absolute atomic E-state index is 0.0299. The number of piperidine rings is 1. The van der Waals surface area contributed by atoms with Crippen LogP contribution < -0.4 is 4.90 Å². The van der Waals surface area contributed by atoms with E-state index < -0.39 is 17.6 Å². The first-order chi connectivity index (χ1) is 14.8. The first-order valence-electron chi connectivity index (χ1n) is 10.3. The number of imide groups is 1. The molecule has 2 aliphatic heterocycles. The highest BCUT2D eigenvalue weighted by atomic mass is 35.5. The molecule has 1 saturated heterocycles. The molecule has 0 radical (unpaired) electrons. The Morgan fingerprint density at radius 1 is 1.10 bits per heavy atom. The highest BCUT2D eigenvalue weighted by Gasteiger charge is 2.43. The molecular formula is C24H24ClFN2O3. The summed E-state index contributed by atoms with van der Waals surface area (Å²) < 4.78 is 13.7. The zero-order valence-corrected chi connectivity index (χ0v) is 18.2. The summed E-state index contributed by atoms with van der Waals surface area (Å²) in [5.41, 5.74) is 3.65. The number of aliphatic hydroxyl groups is 1. The quantitative estimate of drug-likeness (QED) is 0.725. The van der Waals surface area contributed by atoms with Crippen LogP contribution in [0.3, 0.4) is 0 Å². The zero-order valence-electron chi connectivity index (χ0n) is 17.5. The first kappa shape index (κ1) is 21.5. The van der Waals surface area contributed by atoms with E-state index in [0.717, 1.165) is 34.9 Å². The van der Waals surface area contributed by atoms with Gasteiger partial charge in [-0.15, -0.1) is 0 Å². The van der Waals surface area contributed by atoms with Crippen molar-refractivity contribution in [3.05, 3.63) is 69.6 Å². The van der Waals surface area contributed by atoms with E-state index in [1.807, 2.05) is 36.9 Å². The second-order valence-corrected chi connectivity index (χ2v) is 8.61. The molecule has 5 nitrogen and oxygen atoms in total. The number of benzene rings is 2. The molecule has 0 bridgehead atoms. The van der Waals surface area contributed by atoms with Gasteiger partial charge in [-0.1, -0.05) is 29.8 Å². The van der Waals surface area contributed by atoms with Crippen molar-refractivity contribution >= 4 is 34.7 Å². The van der Waals surface area contributed by atoms with E-state index >= 15 is 0 Å². The molecule has 2 amide bonds. The number of amides is 2. The number of hydrogen-bond acceptors (Lipinski definition) is 4. The van der Waals surface area contributed by atoms with Gasteiger partial charge in [0.1, 0.15) is 11.5 Å². The molecule has 2 heterocycles. The number of aliphatic hydroxyl groups excluding tert-OH is 1. The molecule has 1 unspecified atom stereocenters. The maximum Gasteiger partial charge on any atom is 0.282 e. The van der Waals surface area contributed by atoms with Crippen molar-refractivity contribution in [2.75, 3.05) is 24.6 Å². The minimum Gasteiger partial charge on any atom is -0.396 e. The summed E-state index contributed by atoms with van der Waals surface area (Å²) in [6, 6.07) is 9.50. The molecular weight excluding hydrogens is 419 g/mol. The number of carbonyl (C=O) groups excluding carboxylic acids is 2. The summed E-state index contributed by atoms with van der Waals surface area (Å²) >= 11 is 5.93. The Bertz CT molecular complexity index is 1100. The third kappa shape index (κ3) is 3.86. The van der Waals surface area contributed by atoms with Crippen molar-refractivity contribution in [3.8, 4) is 0 Å². The van der Waals surface area contributed by atoms with Gasteiger partial charge in [-0.3, -0.25) is 9.59 Å². The average Bonchev–Trinajstić information content (AvgIpc) is 3.02. The van der Waals surface area contributed by atoms with Gasteiger partial charge < -0.3 is 10.0 Å². The molecule has 31 heavy (non-hydrogen) atoms. The Balaban J connectivity index is 1.84. The summed E-state index contributed by atoms with van der Waals surface area (Å²) in [7, 11) is 0. The third-order valence-corrected chi connectivity index (χ3v) is 6.40. The summed E-state index contributed by atoms with van der Waals surface area (Å²) in [5, 5.41) is 9.50. The van der Waals surface area contributed by atoms with Gasteiger partial charge in [0, 0.05) is 19.7 Å². The molecule has 1 atom stereocenters. The Kier molecular flexibility index (Phi) is 5.86. The molecule has 0 saturated carbocycles. The topological polar surface area (TPSA) is 60.9 Å². The number of aryl methyl sites for hydroxylation is 2. The number of carbonyl (C=O) groups is 2. The molecule has 7 heteroatoms. The van der Waals surface area contributed by atoms with Crippen LogP contribution in [0.2, 0.25) is 5.02 Å². The lowest BCUT2D eigenvalue weighted by Crippen LogP contribution is -2.40. The van der Waals surface area contributed by atoms with Crippen LogP contribution in [-0.4, -0.2) is 41.5 Å². The number of rotatable bonds is 4. The predicted molar refractivity (Wildman–Crippen MR) is 118 cm³/mol. The maximum absolute atomic E-state index is 13.7. The van der Waals surface area contributed by atoms with Crippen LogP contribution in [0.4, 0.5) is 10.1 Å². The van der Waals surface area contributed by atoms with Crippen molar-refractivity contribution in [1.29, 1.82) is 0 Å². The lowest BCUT2D eigenvalue weighted by molar-refractivity contribution is -0.120. The van der Waals surface area contributed by atoms with Gasteiger partial charge in [-0.05, 0) is 67.5 Å². The Labute approximate surface area is 185 Å². The third-order valence-electron chi connectivity index (χ3n) is 6.11. The van der Waals surface area contributed by atoms with Crippen molar-refractivity contribution in [2.24, 2.45) is 5.92 Å². The van der Waals surface area contributed by atoms with Crippen LogP contribution in [0.5, 0.6) is 0 Å². The van der Waals surface area contributed by atoms with E-state index in [4.69, 9.17) is 11.6 Å². The Hall–Kier alpha value is -2.70. The van der Waals surface area contributed by atoms with Crippen molar-refractivity contribution in [3.63, 3.8) is 0 Å². The summed E-state index contributed by atoms with van der Waals surface area (Å²) in [6.07, 6.45) is 1.69. The summed E-state index contributed by atoms with van der Waals surface area (Å²) in [4.78, 5) is 30.1. The Morgan fingerprint density at radius 2 is 1.87 bits per heavy atom. The van der Waals surface area contributed by atoms with Gasteiger partial charge in [0.2, 0.25) is 0 Å². The summed E-state index contributed by atoms with van der Waals surface area (Å²) in [6.45, 7) is 5.09. The molecule has 1 fully saturated rings. The van der Waals surface area contributed by atoms with E-state index in [0.29, 0.717) is 29.9 Å². The van der Waals surface area contributed by atoms with Crippen LogP contribution in [-0.2, 0) is 9.59 Å². The fraction of sp³-hybridized carbons (Fsp3) is 0.333. The van der Waals surface area contributed by atoms with Crippen LogP contribution >= 0.6 is 11.6 Å². The smallest absolute Gasteiger partial charge is 0.282 e. The molecule has 1 N–H and O–H groups in total. The molecule has 0 aromatic heterocycles. The number of halogens is 2. The van der Waals surface area contributed by atoms with E-state index in [2.05, 4.69) is 0 Å². The number of nitrogens with zero attached hydrogens (tertiary/aromatic N) is 2. The highest BCUT2D eigenvalue weighted by Crippen LogP contribution is 2.37. The molecule has 2 aromatic rings. The molecule has 162 valence electrons. The second-order valence-electron chi connectivity index (χ2n) is 8.20. The van der Waals surface area contributed by atoms with Crippen molar-refractivity contribution in [1.82, 2.24) is 4.90 Å². The van der Waals surface area contributed by atoms with E-state index in [-0.39, 0.29) is 23.2 Å². The first-order valence-corrected chi connectivity index (χ1v) is 10.7. The van der Waals surface area contributed by atoms with Gasteiger partial charge >= 0.3 is 0 Å². The van der Waals surface area contributed by atoms with Crippen molar-refractivity contribution < 1.29 is 19.1 Å². The molecule has 0 spiro atoms. The number of anilines is 1. The number of likely N-dealkylation sites (tertiary alicyclic amines) is 1. The van der Waals surface area contributed by atoms with Gasteiger partial charge in [-0.2, -0.15) is 0 Å². The van der Waals surface area contributed by atoms with Gasteiger partial charge in [-0.25, -0.2) is 9.29 Å². The molecule has 2 aliphatic rings. The monoisotopic (exact) mass is 442 g/mol. The largest absolute Gasteiger partial charge is 0.396 e. The van der Waals surface area contributed by atoms with Crippen LogP contribution in [0, 0.1) is 25.6 Å². The van der Waals surface area contributed by atoms with E-state index in [9.17, 15) is 19.1 Å². The van der Waals surface area contributed by atoms with Crippen LogP contribution in [0.25, 0.3) is 5.57 Å². The fourth-order valence-electron chi connectivity index (χ4n) is 4.24. The average molecular weight is 443 g/mol. The highest BCUT2D eigenvalue weighted by molar-refractivity contribution is 6.45. The molecule has 4 rings (SSSR count). The zero-order chi connectivity index (χ0) is 22.3. The Morgan fingerprint density at radius 3 is 2.55 bits per heavy atom. The normalized spacial score (nSPS) is 19.6. The maximum atomic E-state index is 13.7. The van der Waals surface area contributed by atoms with Crippen molar-refractivity contribution in [2.45, 2.75) is 26.7 Å². The second kappa shape index (κ2) is 8.44. The molecule has 0 aliphatic carbocycles. The standard InChI is InChI=1S/C24H24ClFN2O3/c1-14-5-6-17(10-15(14)2)21-22(27-9-3-4-16(12-27)13-29)24(31)28(23(21)30)18-7-8-20(26)19(25)11-18/h5-8,10-11,16,29H,3-4,9,12-13H2,1-2H3. The van der Waals surface area contributed by atoms with Crippen LogP contribution in [0.15, 0.2) is 42.1 Å². The van der Waals surface area contributed by atoms with E-state index in [1.165, 1.54) is 12.1 Å². The number of hydrogen-bond donors (Lipinski definition) is 1. The summed E-state index contributed by atoms with van der Waals surface area (Å²) in [5.74, 6) is -1.50. The minimum atomic E-state index is -0.617. The van der Waals surface area contributed by atoms with E-state index in [1.54, 1.807) is 0 Å². The van der Waals surface area contributed by atoms with Gasteiger partial charge in [0.05, 0.1) is 16.3 Å². The van der Waals surface area contributed by atoms with Crippen LogP contribution in [0.1, 0.15) is 29.5 Å². The molecule has 2 aromatic carbocycles. The SMILES string of the molecule is Cc1ccc(C2=C(N3CCCC(CO)C3)C(=O)N(c3ccc(F)c(Cl)c3)C2=O)cc1C. The lowest BCUT2D eigenvalue weighted by atomic mass is 9.96. The lowest BCUT2D eigenvalue weighted by Gasteiger charge is -2.34. The fourth-order valence-corrected chi connectivity index (χ4v) is 4.42. The predicted octanol–water partition coefficient (Wildman–Crippen LogP) is 4.08. The van der Waals surface area contributed by atoms with Gasteiger partial charge in [0.15, 0.2) is 0 Å².